The Hall–Kier alpha value is -4.60. The summed E-state index contributed by atoms with van der Waals surface area (Å²) in [5.74, 6) is 1.51. The summed E-state index contributed by atoms with van der Waals surface area (Å²) in [5.41, 5.74) is 8.70. The van der Waals surface area contributed by atoms with Gasteiger partial charge in [-0.25, -0.2) is 0 Å². The lowest BCUT2D eigenvalue weighted by atomic mass is 9.89. The number of rotatable bonds is 8. The molecular formula is C35H35N5O. The fraction of sp³-hybridized carbons (Fsp3) is 0.257. The number of H-pyrrole nitrogens is 1. The van der Waals surface area contributed by atoms with Gasteiger partial charge in [0.05, 0.1) is 11.3 Å². The SMILES string of the molecule is Cc1ncc(C#N)c(Nc2ccc3[nH]ccc3c2C)c1-c1ccc(OCCN2CCC(c3ccccc3)CC2)cc1. The summed E-state index contributed by atoms with van der Waals surface area (Å²) in [6, 6.07) is 27.5. The Morgan fingerprint density at radius 3 is 2.54 bits per heavy atom. The molecule has 206 valence electrons. The normalized spacial score (nSPS) is 14.2. The fourth-order valence-corrected chi connectivity index (χ4v) is 5.95. The molecule has 6 rings (SSSR count). The highest BCUT2D eigenvalue weighted by Gasteiger charge is 2.20. The number of nitrogens with zero attached hydrogens (tertiary/aromatic N) is 3. The van der Waals surface area contributed by atoms with Gasteiger partial charge < -0.3 is 15.0 Å². The highest BCUT2D eigenvalue weighted by atomic mass is 16.5. The minimum Gasteiger partial charge on any atom is -0.492 e. The minimum absolute atomic E-state index is 0.510. The molecule has 2 N–H and O–H groups in total. The molecule has 41 heavy (non-hydrogen) atoms. The third kappa shape index (κ3) is 5.68. The molecule has 5 aromatic rings. The molecule has 0 unspecified atom stereocenters. The molecule has 0 radical (unpaired) electrons. The standard InChI is InChI=1S/C35H35N5O/c1-24-31-14-17-37-33(31)13-12-32(24)39-35-29(22-36)23-38-25(2)34(35)28-8-10-30(11-9-28)41-21-20-40-18-15-27(16-19-40)26-6-4-3-5-7-26/h3-14,17,23,27,37H,15-16,18-21H2,1-2H3,(H,38,39). The van der Waals surface area contributed by atoms with E-state index in [4.69, 9.17) is 4.74 Å². The van der Waals surface area contributed by atoms with E-state index in [0.717, 1.165) is 70.0 Å². The molecule has 0 saturated carbocycles. The highest BCUT2D eigenvalue weighted by molar-refractivity contribution is 5.92. The number of pyridine rings is 1. The van der Waals surface area contributed by atoms with Crippen molar-refractivity contribution in [2.45, 2.75) is 32.6 Å². The van der Waals surface area contributed by atoms with Crippen LogP contribution in [0.3, 0.4) is 0 Å². The van der Waals surface area contributed by atoms with E-state index in [1.54, 1.807) is 6.20 Å². The second-order valence-electron chi connectivity index (χ2n) is 10.8. The number of ether oxygens (including phenoxy) is 1. The van der Waals surface area contributed by atoms with Gasteiger partial charge in [-0.3, -0.25) is 9.88 Å². The second-order valence-corrected chi connectivity index (χ2v) is 10.8. The van der Waals surface area contributed by atoms with E-state index >= 15 is 0 Å². The summed E-state index contributed by atoms with van der Waals surface area (Å²) in [7, 11) is 0. The molecule has 0 amide bonds. The van der Waals surface area contributed by atoms with Crippen molar-refractivity contribution in [2.75, 3.05) is 31.6 Å². The van der Waals surface area contributed by atoms with Gasteiger partial charge >= 0.3 is 0 Å². The van der Waals surface area contributed by atoms with Crippen LogP contribution in [0.5, 0.6) is 5.75 Å². The minimum atomic E-state index is 0.510. The van der Waals surface area contributed by atoms with Crippen molar-refractivity contribution in [3.8, 4) is 22.9 Å². The average Bonchev–Trinajstić information content (AvgIpc) is 3.50. The lowest BCUT2D eigenvalue weighted by Gasteiger charge is -2.32. The molecule has 1 aliphatic heterocycles. The quantitative estimate of drug-likeness (QED) is 0.210. The zero-order valence-electron chi connectivity index (χ0n) is 23.7. The first-order valence-corrected chi connectivity index (χ1v) is 14.3. The van der Waals surface area contributed by atoms with Gasteiger partial charge in [-0.2, -0.15) is 5.26 Å². The Bertz CT molecular complexity index is 1680. The topological polar surface area (TPSA) is 77.0 Å². The van der Waals surface area contributed by atoms with Crippen molar-refractivity contribution in [3.63, 3.8) is 0 Å². The van der Waals surface area contributed by atoms with Gasteiger partial charge in [-0.1, -0.05) is 42.5 Å². The number of hydrogen-bond acceptors (Lipinski definition) is 5. The molecule has 1 aliphatic rings. The monoisotopic (exact) mass is 541 g/mol. The number of nitriles is 1. The van der Waals surface area contributed by atoms with E-state index < -0.39 is 0 Å². The zero-order valence-corrected chi connectivity index (χ0v) is 23.7. The molecule has 0 spiro atoms. The lowest BCUT2D eigenvalue weighted by molar-refractivity contribution is 0.173. The number of aromatic nitrogens is 2. The smallest absolute Gasteiger partial charge is 0.119 e. The number of aryl methyl sites for hydroxylation is 2. The molecular weight excluding hydrogens is 506 g/mol. The number of hydrogen-bond donors (Lipinski definition) is 2. The first-order valence-electron chi connectivity index (χ1n) is 14.3. The van der Waals surface area contributed by atoms with Crippen molar-refractivity contribution in [1.82, 2.24) is 14.9 Å². The molecule has 6 heteroatoms. The van der Waals surface area contributed by atoms with Crippen LogP contribution in [0.2, 0.25) is 0 Å². The van der Waals surface area contributed by atoms with E-state index in [2.05, 4.69) is 93.8 Å². The fourth-order valence-electron chi connectivity index (χ4n) is 5.95. The summed E-state index contributed by atoms with van der Waals surface area (Å²) in [5, 5.41) is 14.7. The Morgan fingerprint density at radius 1 is 1.00 bits per heavy atom. The number of piperidine rings is 1. The van der Waals surface area contributed by atoms with Gasteiger partial charge in [0.1, 0.15) is 18.4 Å². The van der Waals surface area contributed by atoms with E-state index in [9.17, 15) is 5.26 Å². The predicted molar refractivity (Wildman–Crippen MR) is 166 cm³/mol. The summed E-state index contributed by atoms with van der Waals surface area (Å²) in [4.78, 5) is 10.3. The van der Waals surface area contributed by atoms with Gasteiger partial charge in [0.25, 0.3) is 0 Å². The molecule has 1 fully saturated rings. The van der Waals surface area contributed by atoms with Crippen molar-refractivity contribution in [2.24, 2.45) is 0 Å². The van der Waals surface area contributed by atoms with Crippen LogP contribution in [0, 0.1) is 25.2 Å². The average molecular weight is 542 g/mol. The molecule has 0 bridgehead atoms. The number of anilines is 2. The van der Waals surface area contributed by atoms with Crippen molar-refractivity contribution in [3.05, 3.63) is 108 Å². The Labute approximate surface area is 241 Å². The number of benzene rings is 3. The van der Waals surface area contributed by atoms with Crippen LogP contribution in [-0.2, 0) is 0 Å². The first-order chi connectivity index (χ1) is 20.1. The lowest BCUT2D eigenvalue weighted by Crippen LogP contribution is -2.35. The van der Waals surface area contributed by atoms with E-state index in [-0.39, 0.29) is 0 Å². The Balaban J connectivity index is 1.13. The van der Waals surface area contributed by atoms with Gasteiger partial charge in [0.15, 0.2) is 0 Å². The van der Waals surface area contributed by atoms with Crippen LogP contribution < -0.4 is 10.1 Å². The summed E-state index contributed by atoms with van der Waals surface area (Å²) in [6.45, 7) is 7.87. The third-order valence-corrected chi connectivity index (χ3v) is 8.33. The van der Waals surface area contributed by atoms with E-state index in [1.165, 1.54) is 18.4 Å². The van der Waals surface area contributed by atoms with Crippen LogP contribution in [0.1, 0.15) is 41.1 Å². The second kappa shape index (κ2) is 11.9. The van der Waals surface area contributed by atoms with E-state index in [1.807, 2.05) is 25.3 Å². The van der Waals surface area contributed by atoms with Crippen molar-refractivity contribution < 1.29 is 4.74 Å². The van der Waals surface area contributed by atoms with Gasteiger partial charge in [0.2, 0.25) is 0 Å². The molecule has 1 saturated heterocycles. The van der Waals surface area contributed by atoms with Crippen LogP contribution in [0.25, 0.3) is 22.0 Å². The highest BCUT2D eigenvalue weighted by Crippen LogP contribution is 2.37. The van der Waals surface area contributed by atoms with Crippen molar-refractivity contribution in [1.29, 1.82) is 5.26 Å². The molecule has 3 heterocycles. The summed E-state index contributed by atoms with van der Waals surface area (Å²) in [6.07, 6.45) is 5.98. The maximum atomic E-state index is 9.93. The van der Waals surface area contributed by atoms with Crippen molar-refractivity contribution >= 4 is 22.3 Å². The van der Waals surface area contributed by atoms with Crippen LogP contribution >= 0.6 is 0 Å². The largest absolute Gasteiger partial charge is 0.492 e. The first kappa shape index (κ1) is 26.6. The van der Waals surface area contributed by atoms with Crippen LogP contribution in [0.4, 0.5) is 11.4 Å². The molecule has 2 aromatic heterocycles. The Morgan fingerprint density at radius 2 is 1.78 bits per heavy atom. The predicted octanol–water partition coefficient (Wildman–Crippen LogP) is 7.72. The van der Waals surface area contributed by atoms with Gasteiger partial charge in [-0.15, -0.1) is 0 Å². The molecule has 3 aromatic carbocycles. The maximum absolute atomic E-state index is 9.93. The van der Waals surface area contributed by atoms with E-state index in [0.29, 0.717) is 18.1 Å². The number of aromatic amines is 1. The van der Waals surface area contributed by atoms with Crippen LogP contribution in [0.15, 0.2) is 85.2 Å². The third-order valence-electron chi connectivity index (χ3n) is 8.33. The molecule has 0 atom stereocenters. The number of fused-ring (bicyclic) bond motifs is 1. The Kier molecular flexibility index (Phi) is 7.71. The van der Waals surface area contributed by atoms with Gasteiger partial charge in [-0.05, 0) is 92.7 Å². The maximum Gasteiger partial charge on any atom is 0.119 e. The summed E-state index contributed by atoms with van der Waals surface area (Å²) < 4.78 is 6.13. The molecule has 0 aliphatic carbocycles. The number of likely N-dealkylation sites (tertiary alicyclic amines) is 1. The summed E-state index contributed by atoms with van der Waals surface area (Å²) >= 11 is 0. The zero-order chi connectivity index (χ0) is 28.2. The number of nitrogens with one attached hydrogen (secondary N) is 2. The van der Waals surface area contributed by atoms with Gasteiger partial charge in [0, 0.05) is 46.8 Å². The molecule has 6 nitrogen and oxygen atoms in total. The van der Waals surface area contributed by atoms with Crippen LogP contribution in [-0.4, -0.2) is 41.1 Å².